The van der Waals surface area contributed by atoms with Crippen molar-refractivity contribution in [2.24, 2.45) is 29.6 Å². The number of halogens is 2. The normalized spacial score (nSPS) is 31.2. The molecule has 4 unspecified atom stereocenters. The monoisotopic (exact) mass is 484 g/mol. The first kappa shape index (κ1) is 26.9. The number of fused-ring (bicyclic) bond motifs is 1. The van der Waals surface area contributed by atoms with Gasteiger partial charge < -0.3 is 0 Å². The van der Waals surface area contributed by atoms with Gasteiger partial charge in [-0.15, -0.1) is 6.58 Å². The van der Waals surface area contributed by atoms with Crippen LogP contribution in [0.3, 0.4) is 0 Å². The van der Waals surface area contributed by atoms with Gasteiger partial charge in [-0.05, 0) is 117 Å². The first-order valence-electron chi connectivity index (χ1n) is 15.2. The van der Waals surface area contributed by atoms with Gasteiger partial charge in [0.1, 0.15) is 0 Å². The summed E-state index contributed by atoms with van der Waals surface area (Å²) >= 11 is 0. The van der Waals surface area contributed by atoms with Crippen LogP contribution in [0.2, 0.25) is 0 Å². The third-order valence-electron chi connectivity index (χ3n) is 10.2. The van der Waals surface area contributed by atoms with Gasteiger partial charge >= 0.3 is 0 Å². The molecule has 3 aliphatic rings. The molecule has 196 valence electrons. The molecule has 3 fully saturated rings. The molecule has 1 aromatic carbocycles. The Kier molecular flexibility index (Phi) is 10.3. The number of hydrogen-bond acceptors (Lipinski definition) is 0. The van der Waals surface area contributed by atoms with E-state index < -0.39 is 11.6 Å². The minimum absolute atomic E-state index is 0.193. The number of rotatable bonds is 11. The summed E-state index contributed by atoms with van der Waals surface area (Å²) in [7, 11) is 0. The summed E-state index contributed by atoms with van der Waals surface area (Å²) in [4.78, 5) is 0. The number of aryl methyl sites for hydroxylation is 1. The number of hydrogen-bond donors (Lipinski definition) is 0. The van der Waals surface area contributed by atoms with Gasteiger partial charge in [-0.2, -0.15) is 0 Å². The van der Waals surface area contributed by atoms with Crippen molar-refractivity contribution in [1.29, 1.82) is 0 Å². The van der Waals surface area contributed by atoms with E-state index in [1.807, 2.05) is 12.1 Å². The Bertz CT molecular complexity index is 791. The van der Waals surface area contributed by atoms with Crippen molar-refractivity contribution in [2.45, 2.75) is 128 Å². The van der Waals surface area contributed by atoms with Gasteiger partial charge in [-0.25, -0.2) is 8.78 Å². The van der Waals surface area contributed by atoms with Crippen molar-refractivity contribution in [3.05, 3.63) is 47.5 Å². The number of benzene rings is 1. The summed E-state index contributed by atoms with van der Waals surface area (Å²) in [6, 6.07) is 3.68. The Morgan fingerprint density at radius 3 is 2.17 bits per heavy atom. The Morgan fingerprint density at radius 2 is 1.43 bits per heavy atom. The first-order chi connectivity index (χ1) is 17.1. The fourth-order valence-electron chi connectivity index (χ4n) is 8.02. The zero-order chi connectivity index (χ0) is 24.6. The molecule has 3 aliphatic carbocycles. The summed E-state index contributed by atoms with van der Waals surface area (Å²) in [5, 5.41) is 0. The highest BCUT2D eigenvalue weighted by Crippen LogP contribution is 2.50. The van der Waals surface area contributed by atoms with Gasteiger partial charge in [0, 0.05) is 0 Å². The van der Waals surface area contributed by atoms with E-state index >= 15 is 0 Å². The van der Waals surface area contributed by atoms with E-state index in [0.29, 0.717) is 24.0 Å². The maximum atomic E-state index is 14.9. The van der Waals surface area contributed by atoms with Crippen LogP contribution >= 0.6 is 0 Å². The molecule has 0 aromatic heterocycles. The second-order valence-corrected chi connectivity index (χ2v) is 12.4. The van der Waals surface area contributed by atoms with Gasteiger partial charge in [0.05, 0.1) is 0 Å². The lowest BCUT2D eigenvalue weighted by Gasteiger charge is -2.45. The minimum atomic E-state index is -0.624. The van der Waals surface area contributed by atoms with E-state index in [1.54, 1.807) is 6.08 Å². The minimum Gasteiger partial charge on any atom is -0.203 e. The van der Waals surface area contributed by atoms with Crippen LogP contribution < -0.4 is 0 Å². The van der Waals surface area contributed by atoms with Gasteiger partial charge in [0.25, 0.3) is 0 Å². The first-order valence-corrected chi connectivity index (χ1v) is 15.2. The summed E-state index contributed by atoms with van der Waals surface area (Å²) in [6.45, 7) is 5.99. The average molecular weight is 485 g/mol. The van der Waals surface area contributed by atoms with E-state index in [1.165, 1.54) is 89.9 Å². The van der Waals surface area contributed by atoms with Crippen LogP contribution in [0.4, 0.5) is 8.78 Å². The Labute approximate surface area is 214 Å². The van der Waals surface area contributed by atoms with Crippen LogP contribution in [0, 0.1) is 41.2 Å². The van der Waals surface area contributed by atoms with Crippen LogP contribution in [0.5, 0.6) is 0 Å². The van der Waals surface area contributed by atoms with E-state index in [0.717, 1.165) is 42.4 Å². The van der Waals surface area contributed by atoms with E-state index in [4.69, 9.17) is 0 Å². The van der Waals surface area contributed by atoms with Crippen LogP contribution in [-0.2, 0) is 6.42 Å². The third kappa shape index (κ3) is 6.98. The molecule has 0 bridgehead atoms. The van der Waals surface area contributed by atoms with Crippen LogP contribution in [0.15, 0.2) is 24.8 Å². The van der Waals surface area contributed by atoms with E-state index in [9.17, 15) is 8.78 Å². The predicted octanol–water partition coefficient (Wildman–Crippen LogP) is 10.6. The SMILES string of the molecule is C=CCCc1ccc(C2CCC(C3CCC4CC(CCCCCCC)CCC4C3)CC2)c(F)c1F. The molecule has 0 saturated heterocycles. The largest absolute Gasteiger partial charge is 0.203 e. The van der Waals surface area contributed by atoms with Crippen LogP contribution in [0.25, 0.3) is 0 Å². The van der Waals surface area contributed by atoms with Crippen LogP contribution in [0.1, 0.15) is 133 Å². The Morgan fingerprint density at radius 1 is 0.771 bits per heavy atom. The van der Waals surface area contributed by atoms with Crippen molar-refractivity contribution in [1.82, 2.24) is 0 Å². The van der Waals surface area contributed by atoms with Crippen LogP contribution in [-0.4, -0.2) is 0 Å². The van der Waals surface area contributed by atoms with Crippen molar-refractivity contribution < 1.29 is 8.78 Å². The molecule has 35 heavy (non-hydrogen) atoms. The standard InChI is InChI=1S/C33H50F2/c1-3-5-7-8-9-10-24-12-13-30-23-29(19-18-28(30)22-24)25-14-16-26(17-15-25)31-21-20-27(11-6-4-2)32(34)33(31)35/h4,20-21,24-26,28-30H,2-3,5-19,22-23H2,1H3. The fourth-order valence-corrected chi connectivity index (χ4v) is 8.02. The van der Waals surface area contributed by atoms with Crippen molar-refractivity contribution in [3.63, 3.8) is 0 Å². The highest BCUT2D eigenvalue weighted by molar-refractivity contribution is 5.29. The molecule has 0 nitrogen and oxygen atoms in total. The molecule has 0 spiro atoms. The summed E-state index contributed by atoms with van der Waals surface area (Å²) in [5.41, 5.74) is 1.11. The summed E-state index contributed by atoms with van der Waals surface area (Å²) < 4.78 is 29.5. The lowest BCUT2D eigenvalue weighted by molar-refractivity contribution is 0.0612. The highest BCUT2D eigenvalue weighted by atomic mass is 19.2. The maximum absolute atomic E-state index is 14.9. The molecule has 0 amide bonds. The van der Waals surface area contributed by atoms with Gasteiger partial charge in [-0.3, -0.25) is 0 Å². The lowest BCUT2D eigenvalue weighted by Crippen LogP contribution is -2.34. The maximum Gasteiger partial charge on any atom is 0.162 e. The Hall–Kier alpha value is -1.18. The van der Waals surface area contributed by atoms with Crippen molar-refractivity contribution in [3.8, 4) is 0 Å². The quantitative estimate of drug-likeness (QED) is 0.216. The second kappa shape index (κ2) is 13.4. The second-order valence-electron chi connectivity index (χ2n) is 12.4. The van der Waals surface area contributed by atoms with Crippen molar-refractivity contribution >= 4 is 0 Å². The van der Waals surface area contributed by atoms with E-state index in [-0.39, 0.29) is 5.92 Å². The molecule has 0 radical (unpaired) electrons. The molecule has 4 rings (SSSR count). The predicted molar refractivity (Wildman–Crippen MR) is 145 cm³/mol. The van der Waals surface area contributed by atoms with Gasteiger partial charge in [-0.1, -0.05) is 70.1 Å². The zero-order valence-electron chi connectivity index (χ0n) is 22.4. The fraction of sp³-hybridized carbons (Fsp3) is 0.758. The number of unbranched alkanes of at least 4 members (excludes halogenated alkanes) is 4. The summed E-state index contributed by atoms with van der Waals surface area (Å²) in [5.74, 6) is 3.64. The average Bonchev–Trinajstić information content (AvgIpc) is 2.89. The Balaban J connectivity index is 1.22. The molecular formula is C33H50F2. The molecule has 3 saturated carbocycles. The zero-order valence-corrected chi connectivity index (χ0v) is 22.4. The van der Waals surface area contributed by atoms with Gasteiger partial charge in [0.2, 0.25) is 0 Å². The summed E-state index contributed by atoms with van der Waals surface area (Å²) in [6.07, 6.45) is 24.8. The smallest absolute Gasteiger partial charge is 0.162 e. The lowest BCUT2D eigenvalue weighted by atomic mass is 9.60. The molecule has 0 aliphatic heterocycles. The molecule has 1 aromatic rings. The number of allylic oxidation sites excluding steroid dienone is 1. The van der Waals surface area contributed by atoms with Crippen molar-refractivity contribution in [2.75, 3.05) is 0 Å². The molecule has 2 heteroatoms. The molecular weight excluding hydrogens is 434 g/mol. The molecule has 0 N–H and O–H groups in total. The van der Waals surface area contributed by atoms with Gasteiger partial charge in [0.15, 0.2) is 11.6 Å². The molecule has 4 atom stereocenters. The van der Waals surface area contributed by atoms with E-state index in [2.05, 4.69) is 13.5 Å². The topological polar surface area (TPSA) is 0 Å². The third-order valence-corrected chi connectivity index (χ3v) is 10.2. The highest BCUT2D eigenvalue weighted by Gasteiger charge is 2.39. The molecule has 0 heterocycles.